The highest BCUT2D eigenvalue weighted by Crippen LogP contribution is 2.43. The summed E-state index contributed by atoms with van der Waals surface area (Å²) in [7, 11) is 0. The molecule has 2 atom stereocenters. The minimum absolute atomic E-state index is 0.217. The number of hydrogen-bond acceptors (Lipinski definition) is 4. The van der Waals surface area contributed by atoms with E-state index in [0.29, 0.717) is 0 Å². The van der Waals surface area contributed by atoms with E-state index in [-0.39, 0.29) is 13.2 Å². The van der Waals surface area contributed by atoms with Crippen molar-refractivity contribution in [3.05, 3.63) is 59.7 Å². The largest absolute Gasteiger partial charge is 0.490 e. The van der Waals surface area contributed by atoms with Crippen LogP contribution in [0.2, 0.25) is 0 Å². The van der Waals surface area contributed by atoms with Gasteiger partial charge < -0.3 is 19.7 Å². The Kier molecular flexibility index (Phi) is 7.35. The molecule has 2 unspecified atom stereocenters. The van der Waals surface area contributed by atoms with E-state index in [2.05, 4.69) is 38.1 Å². The number of ether oxygens (including phenoxy) is 2. The number of allylic oxidation sites excluding steroid dienone is 2. The Morgan fingerprint density at radius 1 is 0.833 bits per heavy atom. The maximum Gasteiger partial charge on any atom is 0.135 e. The van der Waals surface area contributed by atoms with Gasteiger partial charge in [0.1, 0.15) is 24.7 Å². The molecule has 0 fully saturated rings. The van der Waals surface area contributed by atoms with Crippen molar-refractivity contribution in [2.45, 2.75) is 52.7 Å². The first kappa shape index (κ1) is 22.1. The molecule has 2 N–H and O–H groups in total. The van der Waals surface area contributed by atoms with Crippen LogP contribution in [0.5, 0.6) is 11.5 Å². The van der Waals surface area contributed by atoms with Gasteiger partial charge in [-0.3, -0.25) is 0 Å². The van der Waals surface area contributed by atoms with Crippen LogP contribution in [-0.4, -0.2) is 35.6 Å². The number of aliphatic hydroxyl groups is 2. The lowest BCUT2D eigenvalue weighted by Crippen LogP contribution is -2.14. The molecule has 0 bridgehead atoms. The second-order valence-electron chi connectivity index (χ2n) is 8.22. The van der Waals surface area contributed by atoms with Crippen molar-refractivity contribution >= 4 is 21.5 Å². The fraction of sp³-hybridized carbons (Fsp3) is 0.385. The molecule has 3 aromatic rings. The van der Waals surface area contributed by atoms with Crippen molar-refractivity contribution in [2.24, 2.45) is 0 Å². The number of benzene rings is 3. The van der Waals surface area contributed by atoms with E-state index in [1.54, 1.807) is 13.8 Å². The Morgan fingerprint density at radius 2 is 1.37 bits per heavy atom. The van der Waals surface area contributed by atoms with Crippen LogP contribution in [0.4, 0.5) is 0 Å². The first-order chi connectivity index (χ1) is 14.4. The van der Waals surface area contributed by atoms with Gasteiger partial charge >= 0.3 is 0 Å². The number of hydrogen-bond donors (Lipinski definition) is 2. The molecule has 0 spiro atoms. The molecular formula is C26H32O4. The molecule has 0 aromatic heterocycles. The van der Waals surface area contributed by atoms with Gasteiger partial charge in [0.2, 0.25) is 0 Å². The van der Waals surface area contributed by atoms with Gasteiger partial charge in [0.25, 0.3) is 0 Å². The smallest absolute Gasteiger partial charge is 0.135 e. The number of aliphatic hydroxyl groups excluding tert-OH is 2. The lowest BCUT2D eigenvalue weighted by molar-refractivity contribution is 0.123. The van der Waals surface area contributed by atoms with Crippen molar-refractivity contribution in [3.63, 3.8) is 0 Å². The number of rotatable bonds is 9. The quantitative estimate of drug-likeness (QED) is 0.367. The molecule has 4 nitrogen and oxygen atoms in total. The summed E-state index contributed by atoms with van der Waals surface area (Å²) in [5.74, 6) is 1.51. The molecule has 0 aliphatic heterocycles. The number of fused-ring (bicyclic) bond motifs is 2. The van der Waals surface area contributed by atoms with E-state index in [4.69, 9.17) is 9.47 Å². The predicted molar refractivity (Wildman–Crippen MR) is 124 cm³/mol. The van der Waals surface area contributed by atoms with Gasteiger partial charge in [-0.15, -0.1) is 0 Å². The summed E-state index contributed by atoms with van der Waals surface area (Å²) in [5, 5.41) is 23.3. The summed E-state index contributed by atoms with van der Waals surface area (Å²) >= 11 is 0. The summed E-state index contributed by atoms with van der Waals surface area (Å²) < 4.78 is 12.2. The molecule has 30 heavy (non-hydrogen) atoms. The molecule has 3 rings (SSSR count). The van der Waals surface area contributed by atoms with E-state index in [1.165, 1.54) is 11.1 Å². The van der Waals surface area contributed by atoms with E-state index in [9.17, 15) is 10.2 Å². The molecule has 160 valence electrons. The van der Waals surface area contributed by atoms with Crippen molar-refractivity contribution in [2.75, 3.05) is 13.2 Å². The third-order valence-corrected chi connectivity index (χ3v) is 4.91. The van der Waals surface area contributed by atoms with Gasteiger partial charge in [-0.2, -0.15) is 0 Å². The third-order valence-electron chi connectivity index (χ3n) is 4.91. The van der Waals surface area contributed by atoms with Crippen LogP contribution in [0.25, 0.3) is 21.5 Å². The molecule has 3 aromatic carbocycles. The minimum Gasteiger partial charge on any atom is -0.490 e. The highest BCUT2D eigenvalue weighted by atomic mass is 16.5. The predicted octanol–water partition coefficient (Wildman–Crippen LogP) is 5.41. The fourth-order valence-electron chi connectivity index (χ4n) is 3.55. The second kappa shape index (κ2) is 9.96. The Hall–Kier alpha value is -2.56. The lowest BCUT2D eigenvalue weighted by Gasteiger charge is -2.19. The summed E-state index contributed by atoms with van der Waals surface area (Å²) in [6, 6.07) is 14.3. The van der Waals surface area contributed by atoms with Crippen LogP contribution < -0.4 is 9.47 Å². The molecule has 0 aliphatic carbocycles. The Balaban J connectivity index is 2.18. The van der Waals surface area contributed by atoms with Crippen LogP contribution >= 0.6 is 0 Å². The molecule has 0 saturated carbocycles. The Morgan fingerprint density at radius 3 is 1.90 bits per heavy atom. The minimum atomic E-state index is -0.564. The monoisotopic (exact) mass is 408 g/mol. The highest BCUT2D eigenvalue weighted by molar-refractivity contribution is 6.11. The van der Waals surface area contributed by atoms with Gasteiger partial charge in [0.15, 0.2) is 0 Å². The maximum absolute atomic E-state index is 9.80. The standard InChI is InChI=1S/C26H32O4/c1-17(2)8-7-9-20-12-13-23-24(14-20)26(30-16-19(4)28)22-11-6-5-10-21(22)25(23)29-15-18(3)27/h5-6,8,10-14,18-19,27-28H,7,9,15-16H2,1-4H3. The summed E-state index contributed by atoms with van der Waals surface area (Å²) in [6.45, 7) is 8.09. The topological polar surface area (TPSA) is 58.9 Å². The van der Waals surface area contributed by atoms with Gasteiger partial charge in [-0.05, 0) is 52.2 Å². The zero-order valence-electron chi connectivity index (χ0n) is 18.3. The molecule has 0 amide bonds. The average Bonchev–Trinajstić information content (AvgIpc) is 2.69. The van der Waals surface area contributed by atoms with Crippen LogP contribution in [-0.2, 0) is 6.42 Å². The second-order valence-corrected chi connectivity index (χ2v) is 8.22. The van der Waals surface area contributed by atoms with E-state index >= 15 is 0 Å². The lowest BCUT2D eigenvalue weighted by atomic mass is 9.97. The summed E-state index contributed by atoms with van der Waals surface area (Å²) in [6.07, 6.45) is 3.04. The van der Waals surface area contributed by atoms with Crippen molar-refractivity contribution in [1.82, 2.24) is 0 Å². The first-order valence-electron chi connectivity index (χ1n) is 10.6. The average molecular weight is 409 g/mol. The molecule has 0 heterocycles. The van der Waals surface area contributed by atoms with Gasteiger partial charge in [0, 0.05) is 21.5 Å². The van der Waals surface area contributed by atoms with E-state index < -0.39 is 12.2 Å². The molecule has 0 radical (unpaired) electrons. The third kappa shape index (κ3) is 5.32. The summed E-state index contributed by atoms with van der Waals surface area (Å²) in [4.78, 5) is 0. The van der Waals surface area contributed by atoms with E-state index in [0.717, 1.165) is 45.9 Å². The van der Waals surface area contributed by atoms with Crippen LogP contribution in [0.15, 0.2) is 54.1 Å². The van der Waals surface area contributed by atoms with Crippen molar-refractivity contribution < 1.29 is 19.7 Å². The van der Waals surface area contributed by atoms with Crippen LogP contribution in [0, 0.1) is 0 Å². The Bertz CT molecular complexity index is 1030. The molecule has 4 heteroatoms. The van der Waals surface area contributed by atoms with Crippen LogP contribution in [0.1, 0.15) is 39.7 Å². The van der Waals surface area contributed by atoms with Crippen molar-refractivity contribution in [1.29, 1.82) is 0 Å². The van der Waals surface area contributed by atoms with Crippen molar-refractivity contribution in [3.8, 4) is 11.5 Å². The van der Waals surface area contributed by atoms with E-state index in [1.807, 2.05) is 24.3 Å². The zero-order chi connectivity index (χ0) is 21.7. The fourth-order valence-corrected chi connectivity index (χ4v) is 3.55. The molecule has 0 saturated heterocycles. The maximum atomic E-state index is 9.80. The molecule has 0 aliphatic rings. The normalized spacial score (nSPS) is 13.3. The number of aryl methyl sites for hydroxylation is 1. The first-order valence-corrected chi connectivity index (χ1v) is 10.6. The zero-order valence-corrected chi connectivity index (χ0v) is 18.3. The molecular weight excluding hydrogens is 376 g/mol. The SMILES string of the molecule is CC(C)=CCCc1ccc2c(OCC(C)O)c3ccccc3c(OCC(C)O)c2c1. The van der Waals surface area contributed by atoms with Gasteiger partial charge in [0.05, 0.1) is 12.2 Å². The van der Waals surface area contributed by atoms with Gasteiger partial charge in [-0.25, -0.2) is 0 Å². The van der Waals surface area contributed by atoms with Gasteiger partial charge in [-0.1, -0.05) is 48.0 Å². The Labute approximate surface area is 178 Å². The highest BCUT2D eigenvalue weighted by Gasteiger charge is 2.17. The van der Waals surface area contributed by atoms with Crippen LogP contribution in [0.3, 0.4) is 0 Å². The summed E-state index contributed by atoms with van der Waals surface area (Å²) in [5.41, 5.74) is 2.54.